The van der Waals surface area contributed by atoms with Crippen LogP contribution >= 0.6 is 0 Å². The van der Waals surface area contributed by atoms with Crippen molar-refractivity contribution in [1.82, 2.24) is 9.78 Å². The lowest BCUT2D eigenvalue weighted by Crippen LogP contribution is -2.32. The van der Waals surface area contributed by atoms with E-state index in [1.54, 1.807) is 75.4 Å². The number of ether oxygens (including phenoxy) is 3. The number of anilines is 3. The molecule has 1 aliphatic heterocycles. The van der Waals surface area contributed by atoms with Gasteiger partial charge < -0.3 is 30.2 Å². The second kappa shape index (κ2) is 11.2. The molecule has 0 fully saturated rings. The third kappa shape index (κ3) is 4.94. The summed E-state index contributed by atoms with van der Waals surface area (Å²) in [5, 5.41) is 13.7. The normalized spacial score (nSPS) is 14.1. The maximum Gasteiger partial charge on any atom is 0.261 e. The molecule has 1 aliphatic rings. The molecule has 2 heterocycles. The fraction of sp³-hybridized carbons (Fsp3) is 0.167. The van der Waals surface area contributed by atoms with E-state index < -0.39 is 6.04 Å². The van der Waals surface area contributed by atoms with E-state index in [9.17, 15) is 9.59 Å². The molecule has 10 heteroatoms. The van der Waals surface area contributed by atoms with Gasteiger partial charge in [0, 0.05) is 16.9 Å². The maximum absolute atomic E-state index is 13.9. The Morgan fingerprint density at radius 2 is 1.57 bits per heavy atom. The predicted octanol–water partition coefficient (Wildman–Crippen LogP) is 5.09. The number of carbonyl (C=O) groups is 2. The SMILES string of the molecule is COc1ccc(OC)c(C2C(C(=O)Nc3ccccc3OC)=C(C)Nc3c(C(=O)Nc4ccccc4)cnn32)c1. The fourth-order valence-electron chi connectivity index (χ4n) is 4.71. The van der Waals surface area contributed by atoms with Crippen LogP contribution in [0.15, 0.2) is 90.3 Å². The molecule has 0 aliphatic carbocycles. The van der Waals surface area contributed by atoms with E-state index in [4.69, 9.17) is 14.2 Å². The summed E-state index contributed by atoms with van der Waals surface area (Å²) in [6.07, 6.45) is 1.48. The highest BCUT2D eigenvalue weighted by atomic mass is 16.5. The maximum atomic E-state index is 13.9. The Balaban J connectivity index is 1.62. The number of rotatable bonds is 8. The van der Waals surface area contributed by atoms with Gasteiger partial charge in [0.25, 0.3) is 11.8 Å². The van der Waals surface area contributed by atoms with Crippen LogP contribution < -0.4 is 30.2 Å². The number of para-hydroxylation sites is 3. The molecule has 0 saturated heterocycles. The number of aromatic nitrogens is 2. The predicted molar refractivity (Wildman–Crippen MR) is 152 cm³/mol. The Morgan fingerprint density at radius 1 is 0.850 bits per heavy atom. The Hall–Kier alpha value is -5.25. The molecule has 0 spiro atoms. The Morgan fingerprint density at radius 3 is 2.30 bits per heavy atom. The highest BCUT2D eigenvalue weighted by Gasteiger charge is 2.37. The van der Waals surface area contributed by atoms with Crippen molar-refractivity contribution >= 4 is 29.0 Å². The van der Waals surface area contributed by atoms with Gasteiger partial charge in [0.05, 0.1) is 38.8 Å². The van der Waals surface area contributed by atoms with Gasteiger partial charge in [0.1, 0.15) is 34.7 Å². The summed E-state index contributed by atoms with van der Waals surface area (Å²) in [5.41, 5.74) is 3.04. The first kappa shape index (κ1) is 26.4. The van der Waals surface area contributed by atoms with E-state index in [1.165, 1.54) is 6.20 Å². The Kier molecular flexibility index (Phi) is 7.41. The summed E-state index contributed by atoms with van der Waals surface area (Å²) in [6.45, 7) is 1.78. The van der Waals surface area contributed by atoms with Crippen molar-refractivity contribution in [2.24, 2.45) is 0 Å². The summed E-state index contributed by atoms with van der Waals surface area (Å²) in [5.74, 6) is 1.35. The van der Waals surface area contributed by atoms with E-state index in [-0.39, 0.29) is 11.8 Å². The zero-order valence-corrected chi connectivity index (χ0v) is 22.5. The molecular formula is C30H29N5O5. The summed E-state index contributed by atoms with van der Waals surface area (Å²) < 4.78 is 18.2. The monoisotopic (exact) mass is 539 g/mol. The number of carbonyl (C=O) groups excluding carboxylic acids is 2. The van der Waals surface area contributed by atoms with Gasteiger partial charge in [0.15, 0.2) is 0 Å². The van der Waals surface area contributed by atoms with Crippen molar-refractivity contribution in [2.45, 2.75) is 13.0 Å². The first-order valence-electron chi connectivity index (χ1n) is 12.5. The lowest BCUT2D eigenvalue weighted by Gasteiger charge is -2.31. The molecule has 0 saturated carbocycles. The van der Waals surface area contributed by atoms with Gasteiger partial charge in [-0.2, -0.15) is 5.10 Å². The molecular weight excluding hydrogens is 510 g/mol. The van der Waals surface area contributed by atoms with Gasteiger partial charge in [-0.25, -0.2) is 4.68 Å². The fourth-order valence-corrected chi connectivity index (χ4v) is 4.71. The van der Waals surface area contributed by atoms with Gasteiger partial charge in [-0.15, -0.1) is 0 Å². The highest BCUT2D eigenvalue weighted by molar-refractivity contribution is 6.10. The van der Waals surface area contributed by atoms with Crippen molar-refractivity contribution in [3.63, 3.8) is 0 Å². The van der Waals surface area contributed by atoms with Crippen LogP contribution in [0.25, 0.3) is 0 Å². The zero-order chi connectivity index (χ0) is 28.2. The number of hydrogen-bond donors (Lipinski definition) is 3. The average Bonchev–Trinajstić information content (AvgIpc) is 3.40. The second-order valence-corrected chi connectivity index (χ2v) is 9.00. The van der Waals surface area contributed by atoms with Crippen molar-refractivity contribution < 1.29 is 23.8 Å². The first-order valence-corrected chi connectivity index (χ1v) is 12.5. The summed E-state index contributed by atoms with van der Waals surface area (Å²) in [4.78, 5) is 27.2. The Bertz CT molecular complexity index is 1600. The van der Waals surface area contributed by atoms with Crippen LogP contribution in [0.5, 0.6) is 17.2 Å². The number of nitrogens with one attached hydrogen (secondary N) is 3. The van der Waals surface area contributed by atoms with Crippen LogP contribution in [0.3, 0.4) is 0 Å². The van der Waals surface area contributed by atoms with E-state index in [0.717, 1.165) is 0 Å². The van der Waals surface area contributed by atoms with Gasteiger partial charge >= 0.3 is 0 Å². The van der Waals surface area contributed by atoms with Crippen molar-refractivity contribution in [1.29, 1.82) is 0 Å². The van der Waals surface area contributed by atoms with Crippen molar-refractivity contribution in [3.05, 3.63) is 101 Å². The standard InChI is InChI=1S/C30H29N5O5/c1-18-26(30(37)34-23-12-8-9-13-25(23)40-4)27(21-16-20(38-2)14-15-24(21)39-3)35-28(32-18)22(17-31-35)29(36)33-19-10-6-5-7-11-19/h5-17,27,32H,1-4H3,(H,33,36)(H,34,37). The van der Waals surface area contributed by atoms with Crippen molar-refractivity contribution in [2.75, 3.05) is 37.3 Å². The molecule has 10 nitrogen and oxygen atoms in total. The van der Waals surface area contributed by atoms with E-state index in [2.05, 4.69) is 21.0 Å². The van der Waals surface area contributed by atoms with Crippen LogP contribution in [0.1, 0.15) is 28.9 Å². The molecule has 4 aromatic rings. The molecule has 0 bridgehead atoms. The lowest BCUT2D eigenvalue weighted by molar-refractivity contribution is -0.113. The second-order valence-electron chi connectivity index (χ2n) is 9.00. The van der Waals surface area contributed by atoms with Crippen LogP contribution in [-0.4, -0.2) is 42.9 Å². The molecule has 3 N–H and O–H groups in total. The summed E-state index contributed by atoms with van der Waals surface area (Å²) in [7, 11) is 4.66. The molecule has 3 aromatic carbocycles. The highest BCUT2D eigenvalue weighted by Crippen LogP contribution is 2.42. The van der Waals surface area contributed by atoms with Gasteiger partial charge in [-0.3, -0.25) is 9.59 Å². The van der Waals surface area contributed by atoms with E-state index in [0.29, 0.717) is 56.8 Å². The van der Waals surface area contributed by atoms with Gasteiger partial charge in [-0.1, -0.05) is 30.3 Å². The quantitative estimate of drug-likeness (QED) is 0.286. The van der Waals surface area contributed by atoms with Crippen molar-refractivity contribution in [3.8, 4) is 17.2 Å². The first-order chi connectivity index (χ1) is 19.4. The number of amides is 2. The Labute approximate surface area is 231 Å². The minimum Gasteiger partial charge on any atom is -0.497 e. The largest absolute Gasteiger partial charge is 0.497 e. The van der Waals surface area contributed by atoms with Crippen LogP contribution in [0, 0.1) is 0 Å². The van der Waals surface area contributed by atoms with Gasteiger partial charge in [-0.05, 0) is 49.4 Å². The van der Waals surface area contributed by atoms with Crippen LogP contribution in [0.2, 0.25) is 0 Å². The minimum atomic E-state index is -0.755. The molecule has 2 amide bonds. The molecule has 1 aromatic heterocycles. The topological polar surface area (TPSA) is 116 Å². The molecule has 204 valence electrons. The molecule has 1 unspecified atom stereocenters. The minimum absolute atomic E-state index is 0.319. The number of fused-ring (bicyclic) bond motifs is 1. The van der Waals surface area contributed by atoms with Gasteiger partial charge in [0.2, 0.25) is 0 Å². The number of allylic oxidation sites excluding steroid dienone is 1. The van der Waals surface area contributed by atoms with Crippen LogP contribution in [-0.2, 0) is 4.79 Å². The lowest BCUT2D eigenvalue weighted by atomic mass is 9.93. The molecule has 40 heavy (non-hydrogen) atoms. The summed E-state index contributed by atoms with van der Waals surface area (Å²) in [6, 6.07) is 20.9. The van der Waals surface area contributed by atoms with E-state index >= 15 is 0 Å². The average molecular weight is 540 g/mol. The molecule has 0 radical (unpaired) electrons. The summed E-state index contributed by atoms with van der Waals surface area (Å²) >= 11 is 0. The number of benzene rings is 3. The zero-order valence-electron chi connectivity index (χ0n) is 22.5. The number of methoxy groups -OCH3 is 3. The van der Waals surface area contributed by atoms with Crippen LogP contribution in [0.4, 0.5) is 17.2 Å². The van der Waals surface area contributed by atoms with E-state index in [1.807, 2.05) is 30.3 Å². The molecule has 5 rings (SSSR count). The number of hydrogen-bond acceptors (Lipinski definition) is 7. The third-order valence-electron chi connectivity index (χ3n) is 6.63. The number of nitrogens with zero attached hydrogens (tertiary/aromatic N) is 2. The smallest absolute Gasteiger partial charge is 0.261 e. The third-order valence-corrected chi connectivity index (χ3v) is 6.63. The molecule has 1 atom stereocenters.